The zero-order valence-electron chi connectivity index (χ0n) is 9.98. The van der Waals surface area contributed by atoms with Crippen molar-refractivity contribution in [3.8, 4) is 5.75 Å². The van der Waals surface area contributed by atoms with E-state index in [4.69, 9.17) is 4.74 Å². The Balaban J connectivity index is 2.27. The number of carbonyl (C=O) groups is 1. The zero-order chi connectivity index (χ0) is 13.1. The Bertz CT molecular complexity index is 580. The van der Waals surface area contributed by atoms with Gasteiger partial charge in [0.05, 0.1) is 12.8 Å². The molecular formula is C12H12BrN3O2. The van der Waals surface area contributed by atoms with Crippen LogP contribution in [0.4, 0.5) is 5.69 Å². The molecule has 0 fully saturated rings. The molecular weight excluding hydrogens is 298 g/mol. The number of rotatable bonds is 3. The molecule has 1 N–H and O–H groups in total. The molecule has 0 saturated carbocycles. The topological polar surface area (TPSA) is 56.1 Å². The summed E-state index contributed by atoms with van der Waals surface area (Å²) >= 11 is 3.35. The van der Waals surface area contributed by atoms with Crippen LogP contribution in [-0.4, -0.2) is 22.8 Å². The average molecular weight is 310 g/mol. The smallest absolute Gasteiger partial charge is 0.274 e. The Morgan fingerprint density at radius 1 is 1.44 bits per heavy atom. The van der Waals surface area contributed by atoms with Crippen molar-refractivity contribution in [1.82, 2.24) is 9.78 Å². The molecule has 94 valence electrons. The molecule has 0 aliphatic rings. The van der Waals surface area contributed by atoms with Crippen molar-refractivity contribution >= 4 is 27.5 Å². The highest BCUT2D eigenvalue weighted by atomic mass is 79.9. The number of hydrogen-bond donors (Lipinski definition) is 1. The standard InChI is InChI=1S/C12H12BrN3O2/c1-16-10(5-6-14-16)12(17)15-9-7-8(13)3-4-11(9)18-2/h3-7H,1-2H3,(H,15,17). The predicted molar refractivity (Wildman–Crippen MR) is 71.9 cm³/mol. The highest BCUT2D eigenvalue weighted by Crippen LogP contribution is 2.28. The molecule has 0 atom stereocenters. The summed E-state index contributed by atoms with van der Waals surface area (Å²) in [6.45, 7) is 0. The molecule has 1 amide bonds. The Kier molecular flexibility index (Phi) is 3.66. The van der Waals surface area contributed by atoms with Crippen molar-refractivity contribution in [3.05, 3.63) is 40.6 Å². The largest absolute Gasteiger partial charge is 0.495 e. The number of halogens is 1. The minimum absolute atomic E-state index is 0.230. The average Bonchev–Trinajstić information content (AvgIpc) is 2.76. The lowest BCUT2D eigenvalue weighted by molar-refractivity contribution is 0.101. The number of carbonyl (C=O) groups excluding carboxylic acids is 1. The number of amides is 1. The van der Waals surface area contributed by atoms with Crippen molar-refractivity contribution < 1.29 is 9.53 Å². The number of nitrogens with zero attached hydrogens (tertiary/aromatic N) is 2. The lowest BCUT2D eigenvalue weighted by Crippen LogP contribution is -2.16. The summed E-state index contributed by atoms with van der Waals surface area (Å²) in [4.78, 5) is 12.0. The lowest BCUT2D eigenvalue weighted by atomic mass is 10.3. The molecule has 1 aromatic carbocycles. The maximum Gasteiger partial charge on any atom is 0.274 e. The molecule has 0 unspecified atom stereocenters. The van der Waals surface area contributed by atoms with Crippen molar-refractivity contribution in [3.63, 3.8) is 0 Å². The summed E-state index contributed by atoms with van der Waals surface area (Å²) in [5.41, 5.74) is 1.09. The summed E-state index contributed by atoms with van der Waals surface area (Å²) in [6, 6.07) is 7.06. The maximum atomic E-state index is 12.0. The fraction of sp³-hybridized carbons (Fsp3) is 0.167. The van der Waals surface area contributed by atoms with E-state index in [2.05, 4.69) is 26.3 Å². The van der Waals surface area contributed by atoms with Crippen LogP contribution in [0.5, 0.6) is 5.75 Å². The van der Waals surface area contributed by atoms with Crippen LogP contribution in [0.25, 0.3) is 0 Å². The molecule has 0 saturated heterocycles. The number of methoxy groups -OCH3 is 1. The van der Waals surface area contributed by atoms with Gasteiger partial charge in [-0.1, -0.05) is 15.9 Å². The van der Waals surface area contributed by atoms with E-state index in [9.17, 15) is 4.79 Å². The first kappa shape index (κ1) is 12.6. The van der Waals surface area contributed by atoms with Gasteiger partial charge in [0.15, 0.2) is 0 Å². The van der Waals surface area contributed by atoms with Gasteiger partial charge >= 0.3 is 0 Å². The van der Waals surface area contributed by atoms with Gasteiger partial charge < -0.3 is 10.1 Å². The quantitative estimate of drug-likeness (QED) is 0.947. The number of nitrogens with one attached hydrogen (secondary N) is 1. The molecule has 1 heterocycles. The Morgan fingerprint density at radius 2 is 2.22 bits per heavy atom. The van der Waals surface area contributed by atoms with Crippen LogP contribution < -0.4 is 10.1 Å². The van der Waals surface area contributed by atoms with E-state index in [0.29, 0.717) is 17.1 Å². The molecule has 2 aromatic rings. The highest BCUT2D eigenvalue weighted by molar-refractivity contribution is 9.10. The normalized spacial score (nSPS) is 10.2. The first-order chi connectivity index (χ1) is 8.61. The summed E-state index contributed by atoms with van der Waals surface area (Å²) in [5.74, 6) is 0.375. The molecule has 1 aromatic heterocycles. The first-order valence-electron chi connectivity index (χ1n) is 5.24. The third-order valence-corrected chi connectivity index (χ3v) is 2.96. The van der Waals surface area contributed by atoms with Gasteiger partial charge in [-0.2, -0.15) is 5.10 Å². The van der Waals surface area contributed by atoms with Gasteiger partial charge in [0.2, 0.25) is 0 Å². The fourth-order valence-corrected chi connectivity index (χ4v) is 1.92. The van der Waals surface area contributed by atoms with E-state index in [1.807, 2.05) is 6.07 Å². The SMILES string of the molecule is COc1ccc(Br)cc1NC(=O)c1ccnn1C. The Labute approximate surface area is 113 Å². The molecule has 5 nitrogen and oxygen atoms in total. The molecule has 18 heavy (non-hydrogen) atoms. The Morgan fingerprint density at radius 3 is 2.83 bits per heavy atom. The molecule has 0 aliphatic heterocycles. The summed E-state index contributed by atoms with van der Waals surface area (Å²) in [5, 5.41) is 6.75. The number of hydrogen-bond acceptors (Lipinski definition) is 3. The van der Waals surface area contributed by atoms with Crippen molar-refractivity contribution in [2.45, 2.75) is 0 Å². The van der Waals surface area contributed by atoms with Gasteiger partial charge in [-0.15, -0.1) is 0 Å². The lowest BCUT2D eigenvalue weighted by Gasteiger charge is -2.10. The highest BCUT2D eigenvalue weighted by Gasteiger charge is 2.12. The van der Waals surface area contributed by atoms with E-state index in [1.165, 1.54) is 4.68 Å². The van der Waals surface area contributed by atoms with Crippen LogP contribution in [0.15, 0.2) is 34.9 Å². The van der Waals surface area contributed by atoms with Crippen LogP contribution >= 0.6 is 15.9 Å². The summed E-state index contributed by atoms with van der Waals surface area (Å²) in [7, 11) is 3.27. The van der Waals surface area contributed by atoms with Crippen molar-refractivity contribution in [2.24, 2.45) is 7.05 Å². The minimum Gasteiger partial charge on any atom is -0.495 e. The van der Waals surface area contributed by atoms with Crippen LogP contribution in [0.1, 0.15) is 10.5 Å². The third kappa shape index (κ3) is 2.53. The van der Waals surface area contributed by atoms with E-state index in [1.54, 1.807) is 38.6 Å². The van der Waals surface area contributed by atoms with E-state index < -0.39 is 0 Å². The second kappa shape index (κ2) is 5.22. The monoisotopic (exact) mass is 309 g/mol. The molecule has 0 radical (unpaired) electrons. The number of benzene rings is 1. The van der Waals surface area contributed by atoms with Crippen molar-refractivity contribution in [2.75, 3.05) is 12.4 Å². The molecule has 6 heteroatoms. The number of aromatic nitrogens is 2. The number of aryl methyl sites for hydroxylation is 1. The van der Waals surface area contributed by atoms with Crippen LogP contribution in [0.3, 0.4) is 0 Å². The van der Waals surface area contributed by atoms with Gasteiger partial charge in [0.1, 0.15) is 11.4 Å². The summed E-state index contributed by atoms with van der Waals surface area (Å²) < 4.78 is 7.57. The molecule has 0 bridgehead atoms. The summed E-state index contributed by atoms with van der Waals surface area (Å²) in [6.07, 6.45) is 1.58. The predicted octanol–water partition coefficient (Wildman–Crippen LogP) is 2.44. The van der Waals surface area contributed by atoms with E-state index in [0.717, 1.165) is 4.47 Å². The van der Waals surface area contributed by atoms with Crippen molar-refractivity contribution in [1.29, 1.82) is 0 Å². The first-order valence-corrected chi connectivity index (χ1v) is 6.04. The maximum absolute atomic E-state index is 12.0. The Hall–Kier alpha value is -1.82. The third-order valence-electron chi connectivity index (χ3n) is 2.46. The molecule has 2 rings (SSSR count). The van der Waals surface area contributed by atoms with E-state index >= 15 is 0 Å². The van der Waals surface area contributed by atoms with Gasteiger partial charge in [0, 0.05) is 17.7 Å². The second-order valence-electron chi connectivity index (χ2n) is 3.64. The van der Waals surface area contributed by atoms with Gasteiger partial charge in [-0.05, 0) is 24.3 Å². The van der Waals surface area contributed by atoms with Gasteiger partial charge in [-0.3, -0.25) is 9.48 Å². The van der Waals surface area contributed by atoms with Gasteiger partial charge in [0.25, 0.3) is 5.91 Å². The van der Waals surface area contributed by atoms with Crippen LogP contribution in [-0.2, 0) is 7.05 Å². The minimum atomic E-state index is -0.230. The molecule has 0 aliphatic carbocycles. The zero-order valence-corrected chi connectivity index (χ0v) is 11.6. The van der Waals surface area contributed by atoms with Gasteiger partial charge in [-0.25, -0.2) is 0 Å². The fourth-order valence-electron chi connectivity index (χ4n) is 1.56. The molecule has 0 spiro atoms. The second-order valence-corrected chi connectivity index (χ2v) is 4.55. The van der Waals surface area contributed by atoms with E-state index in [-0.39, 0.29) is 5.91 Å². The number of ether oxygens (including phenoxy) is 1. The van der Waals surface area contributed by atoms with Crippen LogP contribution in [0, 0.1) is 0 Å². The number of anilines is 1. The van der Waals surface area contributed by atoms with Crippen LogP contribution in [0.2, 0.25) is 0 Å².